The molecule has 33 heavy (non-hydrogen) atoms. The number of rotatable bonds is 5. The Hall–Kier alpha value is -2.88. The van der Waals surface area contributed by atoms with Crippen LogP contribution in [0, 0.1) is 0 Å². The lowest BCUT2D eigenvalue weighted by molar-refractivity contribution is -0.141. The summed E-state index contributed by atoms with van der Waals surface area (Å²) in [6.07, 6.45) is -1.02. The summed E-state index contributed by atoms with van der Waals surface area (Å²) in [6, 6.07) is 3.48. The van der Waals surface area contributed by atoms with Crippen molar-refractivity contribution in [3.8, 4) is 0 Å². The van der Waals surface area contributed by atoms with Gasteiger partial charge in [0.2, 0.25) is 0 Å². The monoisotopic (exact) mass is 464 g/mol. The van der Waals surface area contributed by atoms with E-state index in [-0.39, 0.29) is 18.6 Å². The van der Waals surface area contributed by atoms with Crippen molar-refractivity contribution in [2.24, 2.45) is 0 Å². The topological polar surface area (TPSA) is 76.5 Å². The van der Waals surface area contributed by atoms with E-state index in [1.807, 2.05) is 23.3 Å². The Balaban J connectivity index is 1.58. The largest absolute Gasteiger partial charge is 0.433 e. The number of fused-ring (bicyclic) bond motifs is 1. The Labute approximate surface area is 189 Å². The highest BCUT2D eigenvalue weighted by Crippen LogP contribution is 2.29. The molecule has 0 saturated carbocycles. The Kier molecular flexibility index (Phi) is 6.47. The maximum atomic E-state index is 13.2. The summed E-state index contributed by atoms with van der Waals surface area (Å²) in [5.41, 5.74) is 0.949. The molecule has 2 atom stereocenters. The number of carbonyl (C=O) groups excluding carboxylic acids is 2. The van der Waals surface area contributed by atoms with Crippen LogP contribution in [-0.2, 0) is 24.1 Å². The quantitative estimate of drug-likeness (QED) is 0.727. The van der Waals surface area contributed by atoms with E-state index in [9.17, 15) is 22.8 Å². The van der Waals surface area contributed by atoms with Crippen LogP contribution in [0.4, 0.5) is 13.2 Å². The Morgan fingerprint density at radius 1 is 1.30 bits per heavy atom. The molecule has 0 aromatic carbocycles. The molecule has 178 valence electrons. The smallest absolute Gasteiger partial charge is 0.373 e. The van der Waals surface area contributed by atoms with Crippen LogP contribution in [0.1, 0.15) is 76.9 Å². The van der Waals surface area contributed by atoms with Gasteiger partial charge in [-0.15, -0.1) is 0 Å². The molecule has 10 heteroatoms. The van der Waals surface area contributed by atoms with Crippen molar-refractivity contribution in [1.29, 1.82) is 0 Å². The Bertz CT molecular complexity index is 1030. The van der Waals surface area contributed by atoms with E-state index in [4.69, 9.17) is 4.74 Å². The van der Waals surface area contributed by atoms with Gasteiger partial charge in [-0.3, -0.25) is 14.6 Å². The number of halogens is 3. The first kappa shape index (κ1) is 23.3. The zero-order chi connectivity index (χ0) is 23.8. The molecule has 0 aliphatic carbocycles. The predicted octanol–water partition coefficient (Wildman–Crippen LogP) is 3.94. The molecular formula is C23H27F3N4O3. The summed E-state index contributed by atoms with van der Waals surface area (Å²) in [4.78, 5) is 31.7. The highest BCUT2D eigenvalue weighted by atomic mass is 19.4. The molecular weight excluding hydrogens is 437 g/mol. The highest BCUT2D eigenvalue weighted by molar-refractivity contribution is 6.01. The van der Waals surface area contributed by atoms with Crippen LogP contribution in [-0.4, -0.2) is 45.5 Å². The van der Waals surface area contributed by atoms with Crippen molar-refractivity contribution in [1.82, 2.24) is 19.8 Å². The number of alkyl halides is 3. The fourth-order valence-electron chi connectivity index (χ4n) is 4.52. The van der Waals surface area contributed by atoms with E-state index in [1.54, 1.807) is 6.07 Å². The molecule has 2 aliphatic heterocycles. The maximum Gasteiger partial charge on any atom is 0.433 e. The number of hydrogen-bond acceptors (Lipinski definition) is 4. The fraction of sp³-hybridized carbons (Fsp3) is 0.522. The van der Waals surface area contributed by atoms with Crippen molar-refractivity contribution >= 4 is 11.8 Å². The second kappa shape index (κ2) is 9.17. The van der Waals surface area contributed by atoms with Gasteiger partial charge in [-0.25, -0.2) is 0 Å². The first-order valence-corrected chi connectivity index (χ1v) is 11.2. The van der Waals surface area contributed by atoms with Crippen molar-refractivity contribution in [2.75, 3.05) is 13.2 Å². The van der Waals surface area contributed by atoms with Crippen LogP contribution in [0.15, 0.2) is 24.4 Å². The second-order valence-electron chi connectivity index (χ2n) is 8.49. The number of nitrogens with one attached hydrogen (secondary N) is 1. The predicted molar refractivity (Wildman–Crippen MR) is 114 cm³/mol. The van der Waals surface area contributed by atoms with Crippen LogP contribution in [0.2, 0.25) is 0 Å². The molecule has 1 fully saturated rings. The molecule has 0 radical (unpaired) electrons. The lowest BCUT2D eigenvalue weighted by atomic mass is 10.1. The summed E-state index contributed by atoms with van der Waals surface area (Å²) in [5.74, 6) is -0.495. The number of pyridine rings is 1. The third-order valence-corrected chi connectivity index (χ3v) is 6.38. The second-order valence-corrected chi connectivity index (χ2v) is 8.49. The van der Waals surface area contributed by atoms with Crippen LogP contribution in [0.5, 0.6) is 0 Å². The van der Waals surface area contributed by atoms with Crippen molar-refractivity contribution in [3.05, 3.63) is 52.6 Å². The minimum absolute atomic E-state index is 0.0961. The van der Waals surface area contributed by atoms with Crippen LogP contribution >= 0.6 is 0 Å². The van der Waals surface area contributed by atoms with Gasteiger partial charge in [0.25, 0.3) is 11.8 Å². The van der Waals surface area contributed by atoms with Gasteiger partial charge in [-0.2, -0.15) is 13.2 Å². The number of ether oxygens (including phenoxy) is 1. The van der Waals surface area contributed by atoms with Crippen molar-refractivity contribution in [2.45, 2.75) is 64.5 Å². The molecule has 2 aromatic heterocycles. The standard InChI is InChI=1S/C23H27F3N4O3/c1-3-17(15-6-7-20(27-12-15)23(24,25)26)28-21(31)16-11-18(30-9-10-33-13-19(16)30)22(32)29-8-4-5-14(29)2/h6-7,11-12,14,17H,3-5,8-10,13H2,1-2H3,(H,28,31)/t14-,17-/m0/s1. The lowest BCUT2D eigenvalue weighted by Gasteiger charge is -2.24. The van der Waals surface area contributed by atoms with E-state index in [0.717, 1.165) is 25.1 Å². The first-order chi connectivity index (χ1) is 15.7. The van der Waals surface area contributed by atoms with Gasteiger partial charge in [0, 0.05) is 25.3 Å². The summed E-state index contributed by atoms with van der Waals surface area (Å²) >= 11 is 0. The van der Waals surface area contributed by atoms with E-state index in [0.29, 0.717) is 48.6 Å². The van der Waals surface area contributed by atoms with Gasteiger partial charge in [0.15, 0.2) is 0 Å². The summed E-state index contributed by atoms with van der Waals surface area (Å²) in [5, 5.41) is 2.88. The van der Waals surface area contributed by atoms with Crippen molar-refractivity contribution in [3.63, 3.8) is 0 Å². The molecule has 2 aromatic rings. The minimum Gasteiger partial charge on any atom is -0.373 e. The van der Waals surface area contributed by atoms with Gasteiger partial charge in [0.05, 0.1) is 30.5 Å². The van der Waals surface area contributed by atoms with Crippen molar-refractivity contribution < 1.29 is 27.5 Å². The first-order valence-electron chi connectivity index (χ1n) is 11.2. The normalized spacial score (nSPS) is 19.3. The number of carbonyl (C=O) groups is 2. The van der Waals surface area contributed by atoms with E-state index in [2.05, 4.69) is 10.3 Å². The maximum absolute atomic E-state index is 13.2. The number of nitrogens with zero attached hydrogens (tertiary/aromatic N) is 3. The number of amides is 2. The summed E-state index contributed by atoms with van der Waals surface area (Å²) in [7, 11) is 0. The number of likely N-dealkylation sites (tertiary alicyclic amines) is 1. The summed E-state index contributed by atoms with van der Waals surface area (Å²) < 4.78 is 45.9. The van der Waals surface area contributed by atoms with Crippen LogP contribution < -0.4 is 5.32 Å². The molecule has 2 amide bonds. The average molecular weight is 464 g/mol. The van der Waals surface area contributed by atoms with Gasteiger partial charge in [0.1, 0.15) is 11.4 Å². The van der Waals surface area contributed by atoms with Gasteiger partial charge in [-0.1, -0.05) is 13.0 Å². The van der Waals surface area contributed by atoms with Crippen LogP contribution in [0.25, 0.3) is 0 Å². The molecule has 4 heterocycles. The van der Waals surface area contributed by atoms with Crippen LogP contribution in [0.3, 0.4) is 0 Å². The summed E-state index contributed by atoms with van der Waals surface area (Å²) in [6.45, 7) is 5.68. The van der Waals surface area contributed by atoms with Gasteiger partial charge in [-0.05, 0) is 43.9 Å². The molecule has 0 unspecified atom stereocenters. The van der Waals surface area contributed by atoms with Gasteiger partial charge < -0.3 is 19.5 Å². The third kappa shape index (κ3) is 4.62. The van der Waals surface area contributed by atoms with Gasteiger partial charge >= 0.3 is 6.18 Å². The average Bonchev–Trinajstić information content (AvgIpc) is 3.40. The molecule has 1 saturated heterocycles. The SMILES string of the molecule is CC[C@H](NC(=O)c1cc(C(=O)N2CCC[C@@H]2C)n2c1COCC2)c1ccc(C(F)(F)F)nc1. The minimum atomic E-state index is -4.52. The van der Waals surface area contributed by atoms with E-state index in [1.165, 1.54) is 6.07 Å². The van der Waals surface area contributed by atoms with E-state index < -0.39 is 23.8 Å². The molecule has 0 bridgehead atoms. The Morgan fingerprint density at radius 2 is 2.09 bits per heavy atom. The fourth-order valence-corrected chi connectivity index (χ4v) is 4.52. The zero-order valence-corrected chi connectivity index (χ0v) is 18.6. The number of aromatic nitrogens is 2. The number of hydrogen-bond donors (Lipinski definition) is 1. The lowest BCUT2D eigenvalue weighted by Crippen LogP contribution is -2.35. The molecule has 2 aliphatic rings. The molecule has 0 spiro atoms. The molecule has 7 nitrogen and oxygen atoms in total. The molecule has 1 N–H and O–H groups in total. The zero-order valence-electron chi connectivity index (χ0n) is 18.6. The Morgan fingerprint density at radius 3 is 2.70 bits per heavy atom. The van der Waals surface area contributed by atoms with E-state index >= 15 is 0 Å². The highest BCUT2D eigenvalue weighted by Gasteiger charge is 2.34. The third-order valence-electron chi connectivity index (χ3n) is 6.38. The molecule has 4 rings (SSSR count).